The minimum Gasteiger partial charge on any atom is -0.394 e. The molecule has 0 amide bonds. The van der Waals surface area contributed by atoms with Crippen LogP contribution in [0.2, 0.25) is 0 Å². The summed E-state index contributed by atoms with van der Waals surface area (Å²) in [5.41, 5.74) is 0.947. The van der Waals surface area contributed by atoms with Gasteiger partial charge in [-0.15, -0.1) is 6.42 Å². The molecule has 9 heteroatoms. The molecule has 5 N–H and O–H groups in total. The highest BCUT2D eigenvalue weighted by Crippen LogP contribution is 2.40. The van der Waals surface area contributed by atoms with Crippen molar-refractivity contribution in [3.8, 4) is 12.3 Å². The first-order chi connectivity index (χ1) is 11.0. The summed E-state index contributed by atoms with van der Waals surface area (Å²) in [7, 11) is 0. The lowest BCUT2D eigenvalue weighted by Gasteiger charge is -2.27. The van der Waals surface area contributed by atoms with Gasteiger partial charge in [0.15, 0.2) is 12.0 Å². The van der Waals surface area contributed by atoms with Crippen LogP contribution in [-0.4, -0.2) is 59.5 Å². The normalized spacial score (nSPS) is 30.5. The van der Waals surface area contributed by atoms with E-state index in [1.807, 2.05) is 5.48 Å². The Balaban J connectivity index is 2.20. The summed E-state index contributed by atoms with van der Waals surface area (Å²) >= 11 is 0. The monoisotopic (exact) mass is 320 g/mol. The molecule has 1 fully saturated rings. The van der Waals surface area contributed by atoms with Gasteiger partial charge >= 0.3 is 0 Å². The van der Waals surface area contributed by atoms with Gasteiger partial charge in [0.2, 0.25) is 0 Å². The predicted molar refractivity (Wildman–Crippen MR) is 78.5 cm³/mol. The number of fused-ring (bicyclic) bond motifs is 1. The Morgan fingerprint density at radius 1 is 1.52 bits per heavy atom. The smallest absolute Gasteiger partial charge is 0.167 e. The Morgan fingerprint density at radius 3 is 2.83 bits per heavy atom. The third-order valence-electron chi connectivity index (χ3n) is 4.06. The molecule has 0 radical (unpaired) electrons. The number of nitrogens with one attached hydrogen (secondary N) is 1. The summed E-state index contributed by atoms with van der Waals surface area (Å²) in [5.74, 6) is 2.56. The van der Waals surface area contributed by atoms with Crippen molar-refractivity contribution in [3.05, 3.63) is 18.1 Å². The van der Waals surface area contributed by atoms with E-state index in [4.69, 9.17) is 11.2 Å². The van der Waals surface area contributed by atoms with Gasteiger partial charge in [0.05, 0.1) is 17.6 Å². The summed E-state index contributed by atoms with van der Waals surface area (Å²) in [6.07, 6.45) is 4.93. The Bertz CT molecular complexity index is 781. The molecule has 0 saturated carbocycles. The zero-order valence-electron chi connectivity index (χ0n) is 12.2. The van der Waals surface area contributed by atoms with E-state index in [0.29, 0.717) is 16.6 Å². The SMILES string of the molecule is C#Cc1cn(C2OC(CO)[C@@H](O)[C@@]2(C)O)c2ncnc(NO)c12. The molecule has 3 heterocycles. The van der Waals surface area contributed by atoms with E-state index in [1.165, 1.54) is 24.0 Å². The van der Waals surface area contributed by atoms with Gasteiger partial charge in [0.25, 0.3) is 0 Å². The molecule has 3 rings (SSSR count). The van der Waals surface area contributed by atoms with Crippen molar-refractivity contribution in [2.45, 2.75) is 31.0 Å². The standard InChI is InChI=1S/C14H16N4O5/c1-3-7-4-18(12-9(7)11(17-22)15-6-16-12)13-14(2,21)10(20)8(5-19)23-13/h1,4,6,8,10,13,19-22H,5H2,2H3,(H,15,16,17)/t8?,10-,13?,14-/m1/s1. The van der Waals surface area contributed by atoms with Crippen molar-refractivity contribution in [2.75, 3.05) is 12.1 Å². The molecule has 122 valence electrons. The maximum Gasteiger partial charge on any atom is 0.167 e. The minimum atomic E-state index is -1.68. The molecule has 0 bridgehead atoms. The molecule has 2 aromatic heterocycles. The molecule has 0 aliphatic carbocycles. The van der Waals surface area contributed by atoms with E-state index in [1.54, 1.807) is 0 Å². The molecule has 1 aliphatic rings. The van der Waals surface area contributed by atoms with Gasteiger partial charge < -0.3 is 24.6 Å². The van der Waals surface area contributed by atoms with Crippen LogP contribution in [0.3, 0.4) is 0 Å². The van der Waals surface area contributed by atoms with Gasteiger partial charge in [-0.1, -0.05) is 5.92 Å². The Kier molecular flexibility index (Phi) is 3.71. The highest BCUT2D eigenvalue weighted by Gasteiger charge is 2.53. The number of aliphatic hydroxyl groups is 3. The molecule has 2 unspecified atom stereocenters. The van der Waals surface area contributed by atoms with Gasteiger partial charge in [-0.25, -0.2) is 9.97 Å². The molecular weight excluding hydrogens is 304 g/mol. The van der Waals surface area contributed by atoms with Crippen molar-refractivity contribution in [2.24, 2.45) is 0 Å². The van der Waals surface area contributed by atoms with E-state index < -0.39 is 30.6 Å². The number of nitrogens with zero attached hydrogens (tertiary/aromatic N) is 3. The first kappa shape index (κ1) is 15.7. The lowest BCUT2D eigenvalue weighted by atomic mass is 9.96. The third kappa shape index (κ3) is 2.16. The van der Waals surface area contributed by atoms with Crippen LogP contribution in [0, 0.1) is 12.3 Å². The average molecular weight is 320 g/mol. The molecule has 1 aliphatic heterocycles. The molecule has 23 heavy (non-hydrogen) atoms. The molecular formula is C14H16N4O5. The van der Waals surface area contributed by atoms with Crippen LogP contribution in [0.25, 0.3) is 11.0 Å². The van der Waals surface area contributed by atoms with Crippen molar-refractivity contribution in [1.82, 2.24) is 14.5 Å². The number of aliphatic hydroxyl groups excluding tert-OH is 2. The summed E-state index contributed by atoms with van der Waals surface area (Å²) in [6, 6.07) is 0. The molecule has 0 spiro atoms. The van der Waals surface area contributed by atoms with Crippen LogP contribution in [0.4, 0.5) is 5.82 Å². The van der Waals surface area contributed by atoms with Gasteiger partial charge in [-0.3, -0.25) is 10.7 Å². The topological polar surface area (TPSA) is 133 Å². The van der Waals surface area contributed by atoms with Crippen LogP contribution in [0.15, 0.2) is 12.5 Å². The fourth-order valence-electron chi connectivity index (χ4n) is 2.85. The molecule has 9 nitrogen and oxygen atoms in total. The summed E-state index contributed by atoms with van der Waals surface area (Å²) in [4.78, 5) is 8.00. The third-order valence-corrected chi connectivity index (χ3v) is 4.06. The van der Waals surface area contributed by atoms with Crippen molar-refractivity contribution < 1.29 is 25.3 Å². The van der Waals surface area contributed by atoms with Crippen LogP contribution >= 0.6 is 0 Å². The van der Waals surface area contributed by atoms with Gasteiger partial charge in [0, 0.05) is 6.20 Å². The lowest BCUT2D eigenvalue weighted by molar-refractivity contribution is -0.0948. The second-order valence-corrected chi connectivity index (χ2v) is 5.51. The maximum absolute atomic E-state index is 10.6. The lowest BCUT2D eigenvalue weighted by Crippen LogP contribution is -2.44. The van der Waals surface area contributed by atoms with Crippen molar-refractivity contribution in [1.29, 1.82) is 0 Å². The second-order valence-electron chi connectivity index (χ2n) is 5.51. The van der Waals surface area contributed by atoms with Crippen LogP contribution in [0.1, 0.15) is 18.7 Å². The van der Waals surface area contributed by atoms with Gasteiger partial charge in [0.1, 0.15) is 29.8 Å². The number of terminal acetylenes is 1. The van der Waals surface area contributed by atoms with Crippen LogP contribution in [0.5, 0.6) is 0 Å². The fourth-order valence-corrected chi connectivity index (χ4v) is 2.85. The van der Waals surface area contributed by atoms with E-state index in [9.17, 15) is 20.5 Å². The summed E-state index contributed by atoms with van der Waals surface area (Å²) in [6.45, 7) is 0.944. The quantitative estimate of drug-likeness (QED) is 0.367. The first-order valence-corrected chi connectivity index (χ1v) is 6.84. The average Bonchev–Trinajstić information content (AvgIpc) is 3.03. The van der Waals surface area contributed by atoms with Crippen molar-refractivity contribution >= 4 is 16.9 Å². The first-order valence-electron chi connectivity index (χ1n) is 6.84. The van der Waals surface area contributed by atoms with Gasteiger partial charge in [-0.05, 0) is 6.92 Å². The van der Waals surface area contributed by atoms with Gasteiger partial charge in [-0.2, -0.15) is 0 Å². The zero-order valence-corrected chi connectivity index (χ0v) is 12.2. The Morgan fingerprint density at radius 2 is 2.26 bits per heavy atom. The van der Waals surface area contributed by atoms with Crippen LogP contribution in [-0.2, 0) is 4.74 Å². The molecule has 1 saturated heterocycles. The largest absolute Gasteiger partial charge is 0.394 e. The number of rotatable bonds is 3. The van der Waals surface area contributed by atoms with E-state index in [2.05, 4.69) is 15.9 Å². The van der Waals surface area contributed by atoms with Crippen LogP contribution < -0.4 is 5.48 Å². The fraction of sp³-hybridized carbons (Fsp3) is 0.429. The highest BCUT2D eigenvalue weighted by molar-refractivity contribution is 5.92. The highest BCUT2D eigenvalue weighted by atomic mass is 16.6. The van der Waals surface area contributed by atoms with E-state index >= 15 is 0 Å². The van der Waals surface area contributed by atoms with Crippen molar-refractivity contribution in [3.63, 3.8) is 0 Å². The number of hydrogen-bond acceptors (Lipinski definition) is 8. The maximum atomic E-state index is 10.6. The number of anilines is 1. The minimum absolute atomic E-state index is 0.110. The Hall–Kier alpha value is -2.22. The summed E-state index contributed by atoms with van der Waals surface area (Å²) < 4.78 is 7.02. The predicted octanol–water partition coefficient (Wildman–Crippen LogP) is -0.785. The Labute approximate surface area is 131 Å². The molecule has 2 aromatic rings. The number of aromatic nitrogens is 3. The second kappa shape index (κ2) is 5.45. The number of hydrogen-bond donors (Lipinski definition) is 5. The van der Waals surface area contributed by atoms with E-state index in [0.717, 1.165) is 0 Å². The van der Waals surface area contributed by atoms with E-state index in [-0.39, 0.29) is 5.82 Å². The molecule has 0 aromatic carbocycles. The number of ether oxygens (including phenoxy) is 1. The zero-order chi connectivity index (χ0) is 16.8. The summed E-state index contributed by atoms with van der Waals surface area (Å²) in [5, 5.41) is 39.5. The molecule has 4 atom stereocenters.